The van der Waals surface area contributed by atoms with Gasteiger partial charge in [0.1, 0.15) is 5.82 Å². The maximum atomic E-state index is 4.34. The van der Waals surface area contributed by atoms with Gasteiger partial charge < -0.3 is 0 Å². The molecule has 612 valence electrons. The zero-order valence-electron chi connectivity index (χ0n) is 74.9. The lowest BCUT2D eigenvalue weighted by molar-refractivity contribution is 1.09. The summed E-state index contributed by atoms with van der Waals surface area (Å²) in [5, 5.41) is 10.7. The molecular weight excluding hydrogens is 1440 g/mol. The highest BCUT2D eigenvalue weighted by atomic mass is 14.9. The van der Waals surface area contributed by atoms with Crippen LogP contribution in [-0.4, -0.2) is 74.8 Å². The molecule has 0 bridgehead atoms. The molecule has 117 heavy (non-hydrogen) atoms. The van der Waals surface area contributed by atoms with Gasteiger partial charge in [0.2, 0.25) is 0 Å². The van der Waals surface area contributed by atoms with Crippen LogP contribution in [0.1, 0.15) is 175 Å². The van der Waals surface area contributed by atoms with Crippen molar-refractivity contribution in [3.05, 3.63) is 344 Å². The summed E-state index contributed by atoms with van der Waals surface area (Å²) in [4.78, 5) is 62.7. The van der Waals surface area contributed by atoms with Gasteiger partial charge in [0.15, 0.2) is 5.65 Å². The molecular formula is C102H129N15. The molecule has 0 spiro atoms. The van der Waals surface area contributed by atoms with Crippen LogP contribution in [0.4, 0.5) is 0 Å². The predicted octanol–water partition coefficient (Wildman–Crippen LogP) is 28.5. The lowest BCUT2D eigenvalue weighted by atomic mass is 10.1. The van der Waals surface area contributed by atoms with E-state index in [0.29, 0.717) is 0 Å². The standard InChI is InChI=1S/3C10H9N.6C9H8N2.9C2H6/c1-8-2-3-10-7-11-5-4-9(10)6-8;1-8-2-3-9-4-5-11-7-10(9)6-8;1-8-3-2-4-9-5-6-11-7-10(8)9;1-7-2-3-8-6-10-5-4-9(8)11-7;1-7-4-5-8-9(11-7)3-2-6-10-8;1-7-4-5-8-3-2-6-10-9(8)11-7;1-7-5-9-8(11-6-7)3-2-4-10-9;1-7-10-6-8-4-2-3-5-9(8)11-7;1-7-6-10-8-4-2-3-5-9(8)11-7;9*1-2/h3*2-7H,1H3;6*2-6H,1H3;9*1-2H3. The van der Waals surface area contributed by atoms with E-state index in [0.717, 1.165) is 100 Å². The normalized spacial score (nSPS) is 9.15. The number of hydrogen-bond donors (Lipinski definition) is 0. The van der Waals surface area contributed by atoms with Crippen molar-refractivity contribution in [2.45, 2.75) is 187 Å². The van der Waals surface area contributed by atoms with Crippen molar-refractivity contribution in [1.82, 2.24) is 74.8 Å². The smallest absolute Gasteiger partial charge is 0.159 e. The van der Waals surface area contributed by atoms with E-state index in [1.165, 1.54) is 49.0 Å². The van der Waals surface area contributed by atoms with E-state index in [-0.39, 0.29) is 0 Å². The summed E-state index contributed by atoms with van der Waals surface area (Å²) < 4.78 is 0. The average molecular weight is 1570 g/mol. The zero-order valence-corrected chi connectivity index (χ0v) is 74.9. The molecule has 0 aliphatic heterocycles. The molecule has 15 heteroatoms. The minimum absolute atomic E-state index is 0.823. The highest BCUT2D eigenvalue weighted by Crippen LogP contribution is 2.18. The molecule has 0 saturated carbocycles. The Morgan fingerprint density at radius 1 is 0.188 bits per heavy atom. The highest BCUT2D eigenvalue weighted by Gasteiger charge is 2.00. The Bertz CT molecular complexity index is 4690. The molecule has 15 nitrogen and oxygen atoms in total. The van der Waals surface area contributed by atoms with Crippen molar-refractivity contribution in [1.29, 1.82) is 0 Å². The van der Waals surface area contributed by atoms with Gasteiger partial charge in [0.05, 0.1) is 49.8 Å². The molecule has 0 radical (unpaired) electrons. The van der Waals surface area contributed by atoms with Crippen molar-refractivity contribution in [2.24, 2.45) is 0 Å². The molecule has 18 rings (SSSR count). The maximum Gasteiger partial charge on any atom is 0.159 e. The molecule has 0 saturated heterocycles. The van der Waals surface area contributed by atoms with E-state index in [2.05, 4.69) is 150 Å². The van der Waals surface area contributed by atoms with Gasteiger partial charge >= 0.3 is 0 Å². The number of pyridine rings is 11. The SMILES string of the molecule is CC.CC.CC.CC.CC.CC.CC.CC.CC.Cc1ccc2cccnc2n1.Cc1ccc2ccncc2c1.Cc1ccc2cnccc2c1.Cc1ccc2cnccc2n1.Cc1ccc2ncccc2n1.Cc1cccc2ccncc12.Cc1cnc2ccccc2n1.Cc1cnc2cccnc2c1.Cc1ncc2ccccc2n1. The number of hydrogen-bond acceptors (Lipinski definition) is 15. The molecule has 0 amide bonds. The highest BCUT2D eigenvalue weighted by molar-refractivity contribution is 5.85. The minimum Gasteiger partial charge on any atom is -0.264 e. The van der Waals surface area contributed by atoms with Gasteiger partial charge in [0, 0.05) is 136 Å². The van der Waals surface area contributed by atoms with Gasteiger partial charge in [-0.2, -0.15) is 0 Å². The Kier molecular flexibility index (Phi) is 54.8. The van der Waals surface area contributed by atoms with Crippen LogP contribution in [0.5, 0.6) is 0 Å². The molecule has 0 unspecified atom stereocenters. The molecule has 0 aliphatic carbocycles. The third kappa shape index (κ3) is 37.4. The van der Waals surface area contributed by atoms with E-state index in [9.17, 15) is 0 Å². The summed E-state index contributed by atoms with van der Waals surface area (Å²) in [5.41, 5.74) is 17.7. The van der Waals surface area contributed by atoms with Crippen LogP contribution in [0, 0.1) is 62.3 Å². The van der Waals surface area contributed by atoms with Gasteiger partial charge in [-0.25, -0.2) is 24.9 Å². The third-order valence-corrected chi connectivity index (χ3v) is 15.1. The predicted molar refractivity (Wildman–Crippen MR) is 507 cm³/mol. The van der Waals surface area contributed by atoms with Crippen LogP contribution in [0.3, 0.4) is 0 Å². The first-order valence-electron chi connectivity index (χ1n) is 41.3. The number of para-hydroxylation sites is 3. The number of aromatic nitrogens is 15. The molecule has 0 N–H and O–H groups in total. The lowest BCUT2D eigenvalue weighted by Crippen LogP contribution is -1.86. The molecule has 5 aromatic carbocycles. The maximum absolute atomic E-state index is 4.34. The summed E-state index contributed by atoms with van der Waals surface area (Å²) in [6, 6.07) is 68.5. The molecule has 18 aromatic rings. The van der Waals surface area contributed by atoms with Crippen molar-refractivity contribution < 1.29 is 0 Å². The first-order valence-corrected chi connectivity index (χ1v) is 41.3. The fraction of sp³-hybridized carbons (Fsp3) is 0.265. The molecule has 0 aliphatic rings. The first kappa shape index (κ1) is 102. The molecule has 0 atom stereocenters. The van der Waals surface area contributed by atoms with Crippen molar-refractivity contribution in [3.63, 3.8) is 0 Å². The number of rotatable bonds is 0. The molecule has 13 aromatic heterocycles. The number of aryl methyl sites for hydroxylation is 9. The van der Waals surface area contributed by atoms with Gasteiger partial charge in [0.25, 0.3) is 0 Å². The fourth-order valence-electron chi connectivity index (χ4n) is 10.0. The van der Waals surface area contributed by atoms with Crippen molar-refractivity contribution in [2.75, 3.05) is 0 Å². The van der Waals surface area contributed by atoms with Crippen LogP contribution in [0.15, 0.2) is 293 Å². The van der Waals surface area contributed by atoms with E-state index in [4.69, 9.17) is 0 Å². The Morgan fingerprint density at radius 2 is 0.598 bits per heavy atom. The number of nitrogens with zero attached hydrogens (tertiary/aromatic N) is 15. The molecule has 13 heterocycles. The Labute approximate surface area is 699 Å². The number of benzene rings is 5. The van der Waals surface area contributed by atoms with Gasteiger partial charge in [-0.1, -0.05) is 215 Å². The van der Waals surface area contributed by atoms with E-state index < -0.39 is 0 Å². The van der Waals surface area contributed by atoms with Crippen LogP contribution < -0.4 is 0 Å². The fourth-order valence-corrected chi connectivity index (χ4v) is 10.0. The quantitative estimate of drug-likeness (QED) is 0.139. The van der Waals surface area contributed by atoms with Gasteiger partial charge in [-0.05, 0) is 217 Å². The van der Waals surface area contributed by atoms with Gasteiger partial charge in [-0.15, -0.1) is 0 Å². The summed E-state index contributed by atoms with van der Waals surface area (Å²) in [7, 11) is 0. The van der Waals surface area contributed by atoms with Crippen molar-refractivity contribution >= 4 is 98.3 Å². The first-order chi connectivity index (χ1) is 57.3. The summed E-state index contributed by atoms with van der Waals surface area (Å²) in [5.74, 6) is 0.823. The van der Waals surface area contributed by atoms with Crippen LogP contribution in [0.2, 0.25) is 0 Å². The van der Waals surface area contributed by atoms with E-state index >= 15 is 0 Å². The third-order valence-electron chi connectivity index (χ3n) is 15.1. The Morgan fingerprint density at radius 3 is 1.25 bits per heavy atom. The minimum atomic E-state index is 0.823. The van der Waals surface area contributed by atoms with Crippen LogP contribution >= 0.6 is 0 Å². The summed E-state index contributed by atoms with van der Waals surface area (Å²) >= 11 is 0. The van der Waals surface area contributed by atoms with E-state index in [1.807, 2.05) is 374 Å². The number of fused-ring (bicyclic) bond motifs is 9. The second-order valence-electron chi connectivity index (χ2n) is 23.2. The zero-order chi connectivity index (χ0) is 87.1. The second kappa shape index (κ2) is 62.7. The van der Waals surface area contributed by atoms with Gasteiger partial charge in [-0.3, -0.25) is 49.8 Å². The second-order valence-corrected chi connectivity index (χ2v) is 23.2. The monoisotopic (exact) mass is 1560 g/mol. The van der Waals surface area contributed by atoms with Crippen LogP contribution in [0.25, 0.3) is 98.3 Å². The average Bonchev–Trinajstić information content (AvgIpc) is 0.831. The lowest BCUT2D eigenvalue weighted by Gasteiger charge is -1.98. The molecule has 0 fully saturated rings. The topological polar surface area (TPSA) is 193 Å². The van der Waals surface area contributed by atoms with Crippen LogP contribution in [-0.2, 0) is 0 Å². The summed E-state index contributed by atoms with van der Waals surface area (Å²) in [6.07, 6.45) is 25.5. The largest absolute Gasteiger partial charge is 0.264 e. The Balaban J connectivity index is 0.000000642. The van der Waals surface area contributed by atoms with E-state index in [1.54, 1.807) is 31.0 Å². The summed E-state index contributed by atoms with van der Waals surface area (Å²) in [6.45, 7) is 54.1. The Hall–Kier alpha value is -12.8. The van der Waals surface area contributed by atoms with Crippen molar-refractivity contribution in [3.8, 4) is 0 Å².